The Morgan fingerprint density at radius 1 is 0.967 bits per heavy atom. The summed E-state index contributed by atoms with van der Waals surface area (Å²) in [4.78, 5) is 12.9. The number of hydrogen-bond acceptors (Lipinski definition) is 2. The van der Waals surface area contributed by atoms with Crippen molar-refractivity contribution < 1.29 is 13.2 Å². The zero-order chi connectivity index (χ0) is 22.1. The molecule has 6 heteroatoms. The van der Waals surface area contributed by atoms with Gasteiger partial charge in [-0.25, -0.2) is 0 Å². The summed E-state index contributed by atoms with van der Waals surface area (Å²) in [6.45, 7) is 6.29. The van der Waals surface area contributed by atoms with Crippen molar-refractivity contribution in [2.24, 2.45) is 0 Å². The minimum atomic E-state index is -4.80. The second-order valence-corrected chi connectivity index (χ2v) is 8.13. The summed E-state index contributed by atoms with van der Waals surface area (Å²) in [7, 11) is 0. The van der Waals surface area contributed by atoms with E-state index in [0.29, 0.717) is 5.56 Å². The zero-order valence-electron chi connectivity index (χ0n) is 16.9. The van der Waals surface area contributed by atoms with E-state index in [4.69, 9.17) is 0 Å². The molecule has 0 radical (unpaired) electrons. The number of nitrogens with zero attached hydrogens (tertiary/aromatic N) is 2. The lowest BCUT2D eigenvalue weighted by Crippen LogP contribution is -2.28. The van der Waals surface area contributed by atoms with E-state index in [1.54, 1.807) is 30.3 Å². The van der Waals surface area contributed by atoms with Gasteiger partial charge in [-0.05, 0) is 28.2 Å². The van der Waals surface area contributed by atoms with Crippen molar-refractivity contribution in [1.29, 1.82) is 5.26 Å². The third kappa shape index (κ3) is 4.30. The summed E-state index contributed by atoms with van der Waals surface area (Å²) < 4.78 is 41.8. The Morgan fingerprint density at radius 2 is 1.57 bits per heavy atom. The molecule has 3 nitrogen and oxygen atoms in total. The molecule has 30 heavy (non-hydrogen) atoms. The Bertz CT molecular complexity index is 1150. The Balaban J connectivity index is 2.20. The van der Waals surface area contributed by atoms with Crippen molar-refractivity contribution >= 4 is 0 Å². The van der Waals surface area contributed by atoms with Crippen LogP contribution in [0.3, 0.4) is 0 Å². The lowest BCUT2D eigenvalue weighted by atomic mass is 9.87. The van der Waals surface area contributed by atoms with E-state index in [1.165, 1.54) is 10.6 Å². The van der Waals surface area contributed by atoms with E-state index in [9.17, 15) is 23.2 Å². The Kier molecular flexibility index (Phi) is 5.58. The fraction of sp³-hybridized carbons (Fsp3) is 0.250. The molecule has 1 heterocycles. The molecule has 0 atom stereocenters. The summed E-state index contributed by atoms with van der Waals surface area (Å²) in [6.07, 6.45) is -4.80. The van der Waals surface area contributed by atoms with E-state index >= 15 is 0 Å². The molecule has 3 aromatic rings. The van der Waals surface area contributed by atoms with E-state index in [2.05, 4.69) is 20.8 Å². The average Bonchev–Trinajstić information content (AvgIpc) is 2.68. The lowest BCUT2D eigenvalue weighted by molar-refractivity contribution is -0.137. The normalized spacial score (nSPS) is 11.9. The highest BCUT2D eigenvalue weighted by molar-refractivity contribution is 5.62. The third-order valence-corrected chi connectivity index (χ3v) is 4.95. The van der Waals surface area contributed by atoms with Crippen molar-refractivity contribution in [1.82, 2.24) is 4.57 Å². The molecule has 3 rings (SSSR count). The molecule has 0 unspecified atom stereocenters. The predicted octanol–water partition coefficient (Wildman–Crippen LogP) is 5.75. The van der Waals surface area contributed by atoms with Crippen molar-refractivity contribution in [2.75, 3.05) is 0 Å². The van der Waals surface area contributed by atoms with Gasteiger partial charge in [0.05, 0.1) is 17.8 Å². The van der Waals surface area contributed by atoms with Crippen LogP contribution >= 0.6 is 0 Å². The lowest BCUT2D eigenvalue weighted by Gasteiger charge is -2.20. The van der Waals surface area contributed by atoms with Crippen LogP contribution in [0.25, 0.3) is 11.3 Å². The third-order valence-electron chi connectivity index (χ3n) is 4.95. The summed E-state index contributed by atoms with van der Waals surface area (Å²) in [5, 5.41) is 9.28. The maximum absolute atomic E-state index is 13.5. The van der Waals surface area contributed by atoms with E-state index in [1.807, 2.05) is 24.3 Å². The van der Waals surface area contributed by atoms with E-state index in [-0.39, 0.29) is 17.7 Å². The zero-order valence-corrected chi connectivity index (χ0v) is 16.9. The van der Waals surface area contributed by atoms with Crippen LogP contribution in [0.15, 0.2) is 65.5 Å². The van der Waals surface area contributed by atoms with Crippen molar-refractivity contribution in [3.63, 3.8) is 0 Å². The fourth-order valence-electron chi connectivity index (χ4n) is 3.28. The van der Waals surface area contributed by atoms with Gasteiger partial charge in [0, 0.05) is 0 Å². The van der Waals surface area contributed by atoms with Crippen LogP contribution in [0.4, 0.5) is 13.2 Å². The van der Waals surface area contributed by atoms with Gasteiger partial charge in [-0.1, -0.05) is 75.4 Å². The summed E-state index contributed by atoms with van der Waals surface area (Å²) in [5.74, 6) is 0. The number of rotatable bonds is 3. The number of hydrogen-bond donors (Lipinski definition) is 0. The number of nitriles is 1. The molecular weight excluding hydrogens is 389 g/mol. The average molecular weight is 410 g/mol. The van der Waals surface area contributed by atoms with Crippen LogP contribution in [0, 0.1) is 11.3 Å². The standard InChI is InChI=1S/C24H21F3N2O/c1-23(2,3)18-11-9-16(10-12-18)15-29-21(17-7-5-4-6-8-17)13-20(24(25,26)27)19(14-28)22(29)30/h4-13H,15H2,1-3H3. The van der Waals surface area contributed by atoms with Crippen molar-refractivity contribution in [3.8, 4) is 17.3 Å². The topological polar surface area (TPSA) is 45.8 Å². The van der Waals surface area contributed by atoms with Crippen molar-refractivity contribution in [3.05, 3.63) is 93.3 Å². The van der Waals surface area contributed by atoms with Gasteiger partial charge in [0.1, 0.15) is 11.6 Å². The summed E-state index contributed by atoms with van der Waals surface area (Å²) in [6, 6.07) is 18.3. The summed E-state index contributed by atoms with van der Waals surface area (Å²) in [5.41, 5.74) is -0.666. The SMILES string of the molecule is CC(C)(C)c1ccc(Cn2c(-c3ccccc3)cc(C(F)(F)F)c(C#N)c2=O)cc1. The first-order valence-electron chi connectivity index (χ1n) is 9.42. The quantitative estimate of drug-likeness (QED) is 0.552. The van der Waals surface area contributed by atoms with Crippen LogP contribution in [0.1, 0.15) is 43.0 Å². The minimum absolute atomic E-state index is 0.0487. The highest BCUT2D eigenvalue weighted by atomic mass is 19.4. The van der Waals surface area contributed by atoms with Gasteiger partial charge in [0.2, 0.25) is 0 Å². The van der Waals surface area contributed by atoms with Crippen LogP contribution in [0.5, 0.6) is 0 Å². The molecular formula is C24H21F3N2O. The monoisotopic (exact) mass is 410 g/mol. The molecule has 0 spiro atoms. The van der Waals surface area contributed by atoms with Gasteiger partial charge in [-0.2, -0.15) is 18.4 Å². The van der Waals surface area contributed by atoms with E-state index in [0.717, 1.165) is 17.2 Å². The minimum Gasteiger partial charge on any atom is -0.303 e. The molecule has 0 bridgehead atoms. The molecule has 1 aromatic heterocycles. The predicted molar refractivity (Wildman–Crippen MR) is 110 cm³/mol. The van der Waals surface area contributed by atoms with Gasteiger partial charge in [-0.3, -0.25) is 4.79 Å². The Labute approximate surface area is 173 Å². The molecule has 0 saturated heterocycles. The number of alkyl halides is 3. The first kappa shape index (κ1) is 21.4. The van der Waals surface area contributed by atoms with Crippen LogP contribution in [-0.4, -0.2) is 4.57 Å². The second-order valence-electron chi connectivity index (χ2n) is 8.13. The molecule has 2 aromatic carbocycles. The molecule has 0 aliphatic heterocycles. The first-order valence-corrected chi connectivity index (χ1v) is 9.42. The smallest absolute Gasteiger partial charge is 0.303 e. The maximum atomic E-state index is 13.5. The van der Waals surface area contributed by atoms with Gasteiger partial charge >= 0.3 is 6.18 Å². The number of benzene rings is 2. The Hall–Kier alpha value is -3.33. The van der Waals surface area contributed by atoms with Gasteiger partial charge in [-0.15, -0.1) is 0 Å². The van der Waals surface area contributed by atoms with Crippen LogP contribution in [-0.2, 0) is 18.1 Å². The van der Waals surface area contributed by atoms with Crippen LogP contribution in [0.2, 0.25) is 0 Å². The van der Waals surface area contributed by atoms with Gasteiger partial charge in [0.15, 0.2) is 0 Å². The molecule has 0 saturated carbocycles. The van der Waals surface area contributed by atoms with E-state index < -0.39 is 22.9 Å². The molecule has 0 aliphatic rings. The Morgan fingerprint density at radius 3 is 2.07 bits per heavy atom. The highest BCUT2D eigenvalue weighted by Crippen LogP contribution is 2.33. The first-order chi connectivity index (χ1) is 14.0. The summed E-state index contributed by atoms with van der Waals surface area (Å²) >= 11 is 0. The highest BCUT2D eigenvalue weighted by Gasteiger charge is 2.36. The van der Waals surface area contributed by atoms with Crippen LogP contribution < -0.4 is 5.56 Å². The van der Waals surface area contributed by atoms with Gasteiger partial charge < -0.3 is 4.57 Å². The molecule has 0 fully saturated rings. The number of pyridine rings is 1. The number of aromatic nitrogens is 1. The maximum Gasteiger partial charge on any atom is 0.417 e. The molecule has 0 N–H and O–H groups in total. The second kappa shape index (κ2) is 7.83. The van der Waals surface area contributed by atoms with Crippen molar-refractivity contribution in [2.45, 2.75) is 38.9 Å². The molecule has 0 amide bonds. The molecule has 0 aliphatic carbocycles. The molecule has 154 valence electrons. The van der Waals surface area contributed by atoms with Gasteiger partial charge in [0.25, 0.3) is 5.56 Å². The number of halogens is 3. The fourth-order valence-corrected chi connectivity index (χ4v) is 3.28. The largest absolute Gasteiger partial charge is 0.417 e.